The predicted octanol–water partition coefficient (Wildman–Crippen LogP) is 5.29. The Morgan fingerprint density at radius 2 is 1.79 bits per heavy atom. The van der Waals surface area contributed by atoms with E-state index in [4.69, 9.17) is 0 Å². The maximum Gasteiger partial charge on any atom is 0.422 e. The number of ether oxygens (including phenoxy) is 1. The summed E-state index contributed by atoms with van der Waals surface area (Å²) < 4.78 is 42.6. The SMILES string of the molecule is CC(C)C[C@H](NC(=O)c1sc(Br)c(Br)c1Br)C(=O)OCC(F)(F)F. The van der Waals surface area contributed by atoms with Crippen LogP contribution in [0.15, 0.2) is 12.7 Å². The van der Waals surface area contributed by atoms with E-state index in [1.165, 1.54) is 0 Å². The van der Waals surface area contributed by atoms with Gasteiger partial charge in [0.25, 0.3) is 5.91 Å². The van der Waals surface area contributed by atoms with Gasteiger partial charge in [-0.1, -0.05) is 13.8 Å². The molecule has 0 saturated carbocycles. The zero-order chi connectivity index (χ0) is 18.7. The van der Waals surface area contributed by atoms with Gasteiger partial charge in [0.05, 0.1) is 12.7 Å². The van der Waals surface area contributed by atoms with Crippen LogP contribution in [-0.4, -0.2) is 30.7 Å². The highest BCUT2D eigenvalue weighted by Crippen LogP contribution is 2.40. The minimum atomic E-state index is -4.62. The van der Waals surface area contributed by atoms with Gasteiger partial charge in [-0.05, 0) is 60.1 Å². The van der Waals surface area contributed by atoms with Gasteiger partial charge in [-0.2, -0.15) is 13.2 Å². The van der Waals surface area contributed by atoms with Crippen molar-refractivity contribution in [1.82, 2.24) is 5.32 Å². The molecule has 0 fully saturated rings. The van der Waals surface area contributed by atoms with E-state index >= 15 is 0 Å². The van der Waals surface area contributed by atoms with Crippen molar-refractivity contribution in [2.24, 2.45) is 5.92 Å². The number of alkyl halides is 3. The topological polar surface area (TPSA) is 55.4 Å². The zero-order valence-corrected chi connectivity index (χ0v) is 18.0. The first-order chi connectivity index (χ1) is 10.9. The molecule has 0 aliphatic rings. The molecule has 1 N–H and O–H groups in total. The quantitative estimate of drug-likeness (QED) is 0.482. The number of hydrogen-bond donors (Lipinski definition) is 1. The lowest BCUT2D eigenvalue weighted by atomic mass is 10.0. The number of hydrogen-bond acceptors (Lipinski definition) is 4. The molecule has 1 rings (SSSR count). The average molecular weight is 560 g/mol. The predicted molar refractivity (Wildman–Crippen MR) is 95.1 cm³/mol. The lowest BCUT2D eigenvalue weighted by molar-refractivity contribution is -0.187. The Hall–Kier alpha value is -0.130. The second kappa shape index (κ2) is 9.00. The summed E-state index contributed by atoms with van der Waals surface area (Å²) in [7, 11) is 0. The standard InChI is InChI=1S/C13H13Br3F3NO3S/c1-5(2)3-6(12(22)23-4-13(17,18)19)20-11(21)9-7(14)8(15)10(16)24-9/h5-6H,3-4H2,1-2H3,(H,20,21)/t6-/m0/s1. The molecule has 4 nitrogen and oxygen atoms in total. The Morgan fingerprint density at radius 3 is 2.21 bits per heavy atom. The third kappa shape index (κ3) is 6.64. The maximum absolute atomic E-state index is 12.3. The van der Waals surface area contributed by atoms with Gasteiger partial charge in [0.1, 0.15) is 10.9 Å². The molecule has 0 aliphatic carbocycles. The van der Waals surface area contributed by atoms with Crippen molar-refractivity contribution < 1.29 is 27.5 Å². The van der Waals surface area contributed by atoms with Crippen LogP contribution in [0.1, 0.15) is 29.9 Å². The molecule has 11 heteroatoms. The summed E-state index contributed by atoms with van der Waals surface area (Å²) in [6, 6.07) is -1.16. The first-order valence-corrected chi connectivity index (χ1v) is 9.79. The van der Waals surface area contributed by atoms with Crippen LogP contribution < -0.4 is 5.32 Å². The molecular formula is C13H13Br3F3NO3S. The van der Waals surface area contributed by atoms with Gasteiger partial charge >= 0.3 is 12.1 Å². The number of amides is 1. The van der Waals surface area contributed by atoms with E-state index in [2.05, 4.69) is 57.8 Å². The summed E-state index contributed by atoms with van der Waals surface area (Å²) in [6.45, 7) is 1.88. The minimum absolute atomic E-state index is 0.0287. The van der Waals surface area contributed by atoms with E-state index in [0.29, 0.717) is 12.7 Å². The second-order valence-electron chi connectivity index (χ2n) is 5.21. The highest BCUT2D eigenvalue weighted by Gasteiger charge is 2.33. The minimum Gasteiger partial charge on any atom is -0.455 e. The molecule has 0 saturated heterocycles. The van der Waals surface area contributed by atoms with Crippen LogP contribution in [0.5, 0.6) is 0 Å². The van der Waals surface area contributed by atoms with Crippen LogP contribution in [0, 0.1) is 5.92 Å². The average Bonchev–Trinajstić information content (AvgIpc) is 2.70. The Kier molecular flexibility index (Phi) is 8.21. The van der Waals surface area contributed by atoms with Crippen LogP contribution in [0.25, 0.3) is 0 Å². The molecule has 1 amide bonds. The largest absolute Gasteiger partial charge is 0.455 e. The summed E-state index contributed by atoms with van der Waals surface area (Å²) in [5.74, 6) is -1.72. The monoisotopic (exact) mass is 557 g/mol. The molecular weight excluding hydrogens is 547 g/mol. The summed E-state index contributed by atoms with van der Waals surface area (Å²) in [5, 5.41) is 2.44. The zero-order valence-electron chi connectivity index (χ0n) is 12.5. The number of nitrogens with one attached hydrogen (secondary N) is 1. The Balaban J connectivity index is 2.87. The second-order valence-corrected chi connectivity index (χ2v) is 9.14. The Morgan fingerprint density at radius 1 is 1.21 bits per heavy atom. The van der Waals surface area contributed by atoms with E-state index in [1.807, 2.05) is 0 Å². The summed E-state index contributed by atoms with van der Waals surface area (Å²) in [5.41, 5.74) is 0. The molecule has 136 valence electrons. The number of halogens is 6. The van der Waals surface area contributed by atoms with Crippen molar-refractivity contribution in [2.75, 3.05) is 6.61 Å². The number of thiophene rings is 1. The smallest absolute Gasteiger partial charge is 0.422 e. The Bertz CT molecular complexity index is 620. The van der Waals surface area contributed by atoms with E-state index in [0.717, 1.165) is 11.3 Å². The van der Waals surface area contributed by atoms with Crippen LogP contribution in [0.2, 0.25) is 0 Å². The lowest BCUT2D eigenvalue weighted by Gasteiger charge is -2.19. The summed E-state index contributed by atoms with van der Waals surface area (Å²) in [4.78, 5) is 24.5. The van der Waals surface area contributed by atoms with Gasteiger partial charge in [0, 0.05) is 0 Å². The number of carbonyl (C=O) groups excluding carboxylic acids is 2. The fourth-order valence-corrected chi connectivity index (χ4v) is 4.66. The van der Waals surface area contributed by atoms with Crippen molar-refractivity contribution in [2.45, 2.75) is 32.5 Å². The number of carbonyl (C=O) groups is 2. The fourth-order valence-electron chi connectivity index (χ4n) is 1.67. The number of rotatable bonds is 6. The van der Waals surface area contributed by atoms with Crippen molar-refractivity contribution in [1.29, 1.82) is 0 Å². The van der Waals surface area contributed by atoms with Gasteiger partial charge in [-0.15, -0.1) is 11.3 Å². The van der Waals surface area contributed by atoms with Gasteiger partial charge in [-0.3, -0.25) is 4.79 Å². The molecule has 1 aromatic heterocycles. The fraction of sp³-hybridized carbons (Fsp3) is 0.538. The van der Waals surface area contributed by atoms with Crippen molar-refractivity contribution in [3.8, 4) is 0 Å². The maximum atomic E-state index is 12.3. The summed E-state index contributed by atoms with van der Waals surface area (Å²) in [6.07, 6.45) is -4.46. The van der Waals surface area contributed by atoms with Gasteiger partial charge in [0.2, 0.25) is 0 Å². The van der Waals surface area contributed by atoms with Gasteiger partial charge in [0.15, 0.2) is 6.61 Å². The first kappa shape index (κ1) is 21.9. The number of esters is 1. The van der Waals surface area contributed by atoms with E-state index in [-0.39, 0.29) is 17.2 Å². The summed E-state index contributed by atoms with van der Waals surface area (Å²) >= 11 is 10.9. The van der Waals surface area contributed by atoms with Crippen LogP contribution in [-0.2, 0) is 9.53 Å². The first-order valence-electron chi connectivity index (χ1n) is 6.60. The normalized spacial score (nSPS) is 13.0. The molecule has 24 heavy (non-hydrogen) atoms. The van der Waals surface area contributed by atoms with Crippen LogP contribution in [0.4, 0.5) is 13.2 Å². The molecule has 0 unspecified atom stereocenters. The third-order valence-corrected chi connectivity index (χ3v) is 7.67. The molecule has 0 spiro atoms. The van der Waals surface area contributed by atoms with Gasteiger partial charge in [-0.25, -0.2) is 4.79 Å². The van der Waals surface area contributed by atoms with Gasteiger partial charge < -0.3 is 10.1 Å². The van der Waals surface area contributed by atoms with Crippen molar-refractivity contribution >= 4 is 71.0 Å². The molecule has 0 radical (unpaired) electrons. The van der Waals surface area contributed by atoms with E-state index in [9.17, 15) is 22.8 Å². The van der Waals surface area contributed by atoms with E-state index in [1.54, 1.807) is 13.8 Å². The Labute approximate surface area is 165 Å². The molecule has 1 heterocycles. The molecule has 0 aromatic carbocycles. The highest BCUT2D eigenvalue weighted by atomic mass is 79.9. The van der Waals surface area contributed by atoms with Crippen LogP contribution >= 0.6 is 59.1 Å². The molecule has 1 atom stereocenters. The molecule has 0 bridgehead atoms. The molecule has 0 aliphatic heterocycles. The van der Waals surface area contributed by atoms with Crippen LogP contribution in [0.3, 0.4) is 0 Å². The molecule has 1 aromatic rings. The lowest BCUT2D eigenvalue weighted by Crippen LogP contribution is -2.43. The highest BCUT2D eigenvalue weighted by molar-refractivity contribution is 9.14. The van der Waals surface area contributed by atoms with Crippen molar-refractivity contribution in [3.05, 3.63) is 17.6 Å². The third-order valence-electron chi connectivity index (χ3n) is 2.64. The van der Waals surface area contributed by atoms with Crippen molar-refractivity contribution in [3.63, 3.8) is 0 Å². The van der Waals surface area contributed by atoms with E-state index < -0.39 is 30.7 Å².